The zero-order chi connectivity index (χ0) is 17.5. The van der Waals surface area contributed by atoms with Crippen molar-refractivity contribution in [2.45, 2.75) is 63.3 Å². The van der Waals surface area contributed by atoms with E-state index < -0.39 is 52.9 Å². The van der Waals surface area contributed by atoms with Crippen LogP contribution in [-0.4, -0.2) is 70.6 Å². The highest BCUT2D eigenvalue weighted by Crippen LogP contribution is 2.71. The molecule has 1 saturated carbocycles. The highest BCUT2D eigenvalue weighted by Gasteiger charge is 2.85. The molecule has 8 atom stereocenters. The van der Waals surface area contributed by atoms with E-state index in [0.29, 0.717) is 6.61 Å². The van der Waals surface area contributed by atoms with Crippen LogP contribution in [0.2, 0.25) is 0 Å². The van der Waals surface area contributed by atoms with Gasteiger partial charge in [-0.25, -0.2) is 0 Å². The third-order valence-electron chi connectivity index (χ3n) is 6.92. The quantitative estimate of drug-likeness (QED) is 0.354. The Bertz CT molecular complexity index is 612. The summed E-state index contributed by atoms with van der Waals surface area (Å²) in [6, 6.07) is 0. The van der Waals surface area contributed by atoms with Gasteiger partial charge in [0.15, 0.2) is 0 Å². The lowest BCUT2D eigenvalue weighted by molar-refractivity contribution is -0.237. The first-order valence-corrected chi connectivity index (χ1v) is 8.35. The molecular formula is C17H24O7. The number of esters is 1. The van der Waals surface area contributed by atoms with E-state index in [9.17, 15) is 20.1 Å². The van der Waals surface area contributed by atoms with Gasteiger partial charge in [-0.15, -0.1) is 0 Å². The summed E-state index contributed by atoms with van der Waals surface area (Å²) in [5.41, 5.74) is -1.80. The van der Waals surface area contributed by atoms with E-state index in [1.54, 1.807) is 0 Å². The smallest absolute Gasteiger partial charge is 0.302 e. The van der Waals surface area contributed by atoms with Crippen LogP contribution in [0.4, 0.5) is 0 Å². The van der Waals surface area contributed by atoms with Crippen molar-refractivity contribution in [1.82, 2.24) is 0 Å². The van der Waals surface area contributed by atoms with Crippen LogP contribution in [0.1, 0.15) is 27.2 Å². The number of epoxide rings is 1. The second-order valence-corrected chi connectivity index (χ2v) is 7.86. The molecule has 134 valence electrons. The average Bonchev–Trinajstić information content (AvgIpc) is 3.30. The van der Waals surface area contributed by atoms with E-state index >= 15 is 0 Å². The van der Waals surface area contributed by atoms with Crippen LogP contribution < -0.4 is 0 Å². The number of ether oxygens (including phenoxy) is 3. The van der Waals surface area contributed by atoms with Crippen LogP contribution in [0, 0.1) is 10.8 Å². The molecule has 0 aromatic heterocycles. The standard InChI is InChI=1S/C17H24O7/c1-8-4-11-16(5-10(8)19,6-22-9(2)18)15(3)13(21)12(20)14(24-11)17(15)7-23-17/h4,10-14,19-21H,5-7H2,1-3H3. The summed E-state index contributed by atoms with van der Waals surface area (Å²) in [7, 11) is 0. The summed E-state index contributed by atoms with van der Waals surface area (Å²) in [5, 5.41) is 31.9. The Morgan fingerprint density at radius 3 is 2.67 bits per heavy atom. The van der Waals surface area contributed by atoms with Crippen LogP contribution in [-0.2, 0) is 19.0 Å². The second kappa shape index (κ2) is 4.80. The van der Waals surface area contributed by atoms with Crippen molar-refractivity contribution in [2.24, 2.45) is 10.8 Å². The molecule has 2 bridgehead atoms. The maximum Gasteiger partial charge on any atom is 0.302 e. The molecule has 1 spiro atoms. The third kappa shape index (κ3) is 1.67. The topological polar surface area (TPSA) is 109 Å². The molecule has 3 fully saturated rings. The molecule has 2 saturated heterocycles. The average molecular weight is 340 g/mol. The largest absolute Gasteiger partial charge is 0.465 e. The van der Waals surface area contributed by atoms with Crippen LogP contribution >= 0.6 is 0 Å². The van der Waals surface area contributed by atoms with Crippen molar-refractivity contribution in [1.29, 1.82) is 0 Å². The summed E-state index contributed by atoms with van der Waals surface area (Å²) in [4.78, 5) is 11.5. The summed E-state index contributed by atoms with van der Waals surface area (Å²) in [6.45, 7) is 5.36. The van der Waals surface area contributed by atoms with Crippen molar-refractivity contribution in [2.75, 3.05) is 13.2 Å². The molecule has 7 heteroatoms. The zero-order valence-corrected chi connectivity index (χ0v) is 14.1. The van der Waals surface area contributed by atoms with Crippen molar-refractivity contribution in [3.63, 3.8) is 0 Å². The first-order chi connectivity index (χ1) is 11.2. The normalized spacial score (nSPS) is 55.1. The van der Waals surface area contributed by atoms with Gasteiger partial charge in [0.05, 0.1) is 24.9 Å². The van der Waals surface area contributed by atoms with Gasteiger partial charge in [0, 0.05) is 17.8 Å². The van der Waals surface area contributed by atoms with Crippen molar-refractivity contribution < 1.29 is 34.3 Å². The van der Waals surface area contributed by atoms with Gasteiger partial charge in [-0.1, -0.05) is 13.0 Å². The van der Waals surface area contributed by atoms with Crippen molar-refractivity contribution >= 4 is 5.97 Å². The minimum atomic E-state index is -1.09. The fourth-order valence-electron chi connectivity index (χ4n) is 5.26. The monoisotopic (exact) mass is 340 g/mol. The fraction of sp³-hybridized carbons (Fsp3) is 0.824. The summed E-state index contributed by atoms with van der Waals surface area (Å²) < 4.78 is 17.2. The van der Waals surface area contributed by atoms with E-state index in [1.807, 2.05) is 19.9 Å². The number of hydrogen-bond donors (Lipinski definition) is 3. The Kier molecular flexibility index (Phi) is 3.29. The Hall–Kier alpha value is -0.990. The molecule has 0 aromatic carbocycles. The summed E-state index contributed by atoms with van der Waals surface area (Å²) >= 11 is 0. The van der Waals surface area contributed by atoms with Crippen LogP contribution in [0.3, 0.4) is 0 Å². The Balaban J connectivity index is 1.87. The molecule has 8 unspecified atom stereocenters. The highest BCUT2D eigenvalue weighted by atomic mass is 16.6. The van der Waals surface area contributed by atoms with Crippen LogP contribution in [0.25, 0.3) is 0 Å². The maximum atomic E-state index is 11.5. The van der Waals surface area contributed by atoms with Crippen molar-refractivity contribution in [3.05, 3.63) is 11.6 Å². The predicted molar refractivity (Wildman–Crippen MR) is 80.9 cm³/mol. The third-order valence-corrected chi connectivity index (χ3v) is 6.92. The minimum absolute atomic E-state index is 0.00799. The molecule has 7 nitrogen and oxygen atoms in total. The van der Waals surface area contributed by atoms with Gasteiger partial charge in [0.1, 0.15) is 24.4 Å². The lowest BCUT2D eigenvalue weighted by Gasteiger charge is -2.58. The number of carbonyl (C=O) groups excluding carboxylic acids is 1. The lowest BCUT2D eigenvalue weighted by atomic mass is 9.51. The predicted octanol–water partition coefficient (Wildman–Crippen LogP) is -0.475. The molecule has 24 heavy (non-hydrogen) atoms. The Labute approximate surface area is 140 Å². The van der Waals surface area contributed by atoms with Crippen molar-refractivity contribution in [3.8, 4) is 0 Å². The van der Waals surface area contributed by atoms with Gasteiger partial charge in [-0.2, -0.15) is 0 Å². The Morgan fingerprint density at radius 2 is 2.08 bits per heavy atom. The number of fused-ring (bicyclic) bond motifs is 2. The van der Waals surface area contributed by atoms with Crippen LogP contribution in [0.5, 0.6) is 0 Å². The fourth-order valence-corrected chi connectivity index (χ4v) is 5.26. The molecule has 4 rings (SSSR count). The van der Waals surface area contributed by atoms with E-state index in [1.165, 1.54) is 6.92 Å². The van der Waals surface area contributed by atoms with E-state index in [4.69, 9.17) is 14.2 Å². The highest BCUT2D eigenvalue weighted by molar-refractivity contribution is 5.66. The van der Waals surface area contributed by atoms with Gasteiger partial charge in [0.2, 0.25) is 0 Å². The molecule has 2 aliphatic carbocycles. The van der Waals surface area contributed by atoms with Gasteiger partial charge >= 0.3 is 5.97 Å². The number of aliphatic hydroxyl groups is 3. The lowest BCUT2D eigenvalue weighted by Crippen LogP contribution is -2.67. The molecule has 2 aliphatic heterocycles. The van der Waals surface area contributed by atoms with Gasteiger partial charge < -0.3 is 29.5 Å². The maximum absolute atomic E-state index is 11.5. The molecule has 2 heterocycles. The first-order valence-electron chi connectivity index (χ1n) is 8.35. The zero-order valence-electron chi connectivity index (χ0n) is 14.1. The Morgan fingerprint density at radius 1 is 1.42 bits per heavy atom. The summed E-state index contributed by atoms with van der Waals surface area (Å²) in [6.07, 6.45) is -1.92. The second-order valence-electron chi connectivity index (χ2n) is 7.86. The number of hydrogen-bond acceptors (Lipinski definition) is 7. The van der Waals surface area contributed by atoms with E-state index in [0.717, 1.165) is 5.57 Å². The van der Waals surface area contributed by atoms with Crippen LogP contribution in [0.15, 0.2) is 11.6 Å². The molecular weight excluding hydrogens is 316 g/mol. The number of aliphatic hydroxyl groups excluding tert-OH is 3. The van der Waals surface area contributed by atoms with Gasteiger partial charge in [-0.05, 0) is 18.9 Å². The SMILES string of the molecule is CC(=O)OCC12CC(O)C(C)=CC1OC1C(O)C(O)C2(C)C12CO2. The molecule has 3 N–H and O–H groups in total. The molecule has 0 amide bonds. The number of rotatable bonds is 2. The number of carbonyl (C=O) groups is 1. The molecule has 4 aliphatic rings. The first kappa shape index (κ1) is 16.5. The summed E-state index contributed by atoms with van der Waals surface area (Å²) in [5.74, 6) is -0.437. The van der Waals surface area contributed by atoms with E-state index in [-0.39, 0.29) is 13.0 Å². The van der Waals surface area contributed by atoms with Gasteiger partial charge in [0.25, 0.3) is 0 Å². The van der Waals surface area contributed by atoms with Gasteiger partial charge in [-0.3, -0.25) is 4.79 Å². The molecule has 0 aromatic rings. The minimum Gasteiger partial charge on any atom is -0.465 e. The molecule has 0 radical (unpaired) electrons. The van der Waals surface area contributed by atoms with E-state index in [2.05, 4.69) is 0 Å².